The molecule has 4 rings (SSSR count). The molecule has 0 unspecified atom stereocenters. The van der Waals surface area contributed by atoms with Crippen molar-refractivity contribution in [2.75, 3.05) is 11.4 Å². The predicted molar refractivity (Wildman–Crippen MR) is 74.9 cm³/mol. The lowest BCUT2D eigenvalue weighted by Crippen LogP contribution is -2.39. The van der Waals surface area contributed by atoms with E-state index in [-0.39, 0.29) is 12.5 Å². The van der Waals surface area contributed by atoms with E-state index >= 15 is 0 Å². The van der Waals surface area contributed by atoms with E-state index in [1.165, 1.54) is 4.90 Å². The van der Waals surface area contributed by atoms with Gasteiger partial charge >= 0.3 is 5.97 Å². The van der Waals surface area contributed by atoms with Gasteiger partial charge in [-0.2, -0.15) is 5.26 Å². The molecule has 3 aliphatic heterocycles. The summed E-state index contributed by atoms with van der Waals surface area (Å²) in [5.41, 5.74) is 0.00823. The molecule has 6 heteroatoms. The average molecular weight is 296 g/mol. The number of nitriles is 1. The van der Waals surface area contributed by atoms with E-state index < -0.39 is 29.5 Å². The Hall–Kier alpha value is -2.65. The number of hydrogen-bond acceptors (Lipinski definition) is 4. The molecule has 0 aromatic heterocycles. The van der Waals surface area contributed by atoms with Crippen LogP contribution in [0.25, 0.3) is 0 Å². The third-order valence-electron chi connectivity index (χ3n) is 4.70. The standard InChI is InChI=1S/C16H12N2O4/c17-7-9-3-1-2-4-10(9)18-8-16-6-5-11(22-16)12(15(20)21)13(16)14(18)19/h1-6,11-13H,8H2,(H,20,21)/t11-,12+,13-,16+/m1/s1. The van der Waals surface area contributed by atoms with Gasteiger partial charge in [-0.25, -0.2) is 0 Å². The highest BCUT2D eigenvalue weighted by Crippen LogP contribution is 2.52. The fourth-order valence-corrected chi connectivity index (χ4v) is 3.79. The molecule has 1 amide bonds. The molecule has 110 valence electrons. The van der Waals surface area contributed by atoms with E-state index in [9.17, 15) is 20.0 Å². The molecule has 1 aromatic rings. The Bertz CT molecular complexity index is 766. The van der Waals surface area contributed by atoms with E-state index in [4.69, 9.17) is 4.74 Å². The number of benzene rings is 1. The summed E-state index contributed by atoms with van der Waals surface area (Å²) in [4.78, 5) is 25.8. The van der Waals surface area contributed by atoms with E-state index in [0.29, 0.717) is 11.3 Å². The van der Waals surface area contributed by atoms with Crippen LogP contribution in [-0.4, -0.2) is 35.2 Å². The zero-order valence-electron chi connectivity index (χ0n) is 11.5. The van der Waals surface area contributed by atoms with Gasteiger partial charge in [-0.15, -0.1) is 0 Å². The summed E-state index contributed by atoms with van der Waals surface area (Å²) in [7, 11) is 0. The first-order valence-corrected chi connectivity index (χ1v) is 6.98. The number of carboxylic acid groups (broad SMARTS) is 1. The van der Waals surface area contributed by atoms with Crippen molar-refractivity contribution < 1.29 is 19.4 Å². The zero-order chi connectivity index (χ0) is 15.5. The molecule has 2 bridgehead atoms. The molecule has 6 nitrogen and oxygen atoms in total. The third kappa shape index (κ3) is 1.46. The minimum Gasteiger partial charge on any atom is -0.481 e. The lowest BCUT2D eigenvalue weighted by Gasteiger charge is -2.22. The van der Waals surface area contributed by atoms with Gasteiger partial charge in [0.1, 0.15) is 17.6 Å². The molecule has 3 aliphatic rings. The number of ether oxygens (including phenoxy) is 1. The van der Waals surface area contributed by atoms with Crippen LogP contribution in [-0.2, 0) is 14.3 Å². The van der Waals surface area contributed by atoms with Crippen LogP contribution in [0.2, 0.25) is 0 Å². The molecule has 2 saturated heterocycles. The second-order valence-corrected chi connectivity index (χ2v) is 5.79. The maximum atomic E-state index is 12.8. The summed E-state index contributed by atoms with van der Waals surface area (Å²) in [6, 6.07) is 8.87. The number of carbonyl (C=O) groups is 2. The van der Waals surface area contributed by atoms with Crippen LogP contribution < -0.4 is 4.90 Å². The van der Waals surface area contributed by atoms with Gasteiger partial charge < -0.3 is 14.7 Å². The number of aliphatic carboxylic acids is 1. The fraction of sp³-hybridized carbons (Fsp3) is 0.312. The number of anilines is 1. The van der Waals surface area contributed by atoms with Crippen molar-refractivity contribution in [2.24, 2.45) is 11.8 Å². The maximum Gasteiger partial charge on any atom is 0.310 e. The number of carboxylic acids is 1. The van der Waals surface area contributed by atoms with Crippen LogP contribution in [0.4, 0.5) is 5.69 Å². The van der Waals surface area contributed by atoms with E-state index in [1.807, 2.05) is 0 Å². The molecular weight excluding hydrogens is 284 g/mol. The number of hydrogen-bond donors (Lipinski definition) is 1. The monoisotopic (exact) mass is 296 g/mol. The quantitative estimate of drug-likeness (QED) is 0.820. The van der Waals surface area contributed by atoms with Gasteiger partial charge in [-0.05, 0) is 12.1 Å². The molecule has 1 aromatic carbocycles. The third-order valence-corrected chi connectivity index (χ3v) is 4.70. The number of amides is 1. The smallest absolute Gasteiger partial charge is 0.310 e. The minimum absolute atomic E-state index is 0.242. The minimum atomic E-state index is -1.02. The van der Waals surface area contributed by atoms with Gasteiger partial charge in [0, 0.05) is 0 Å². The molecule has 0 radical (unpaired) electrons. The molecule has 0 saturated carbocycles. The summed E-state index contributed by atoms with van der Waals surface area (Å²) >= 11 is 0. The van der Waals surface area contributed by atoms with E-state index in [0.717, 1.165) is 0 Å². The molecule has 1 spiro atoms. The Balaban J connectivity index is 1.79. The Labute approximate surface area is 126 Å². The van der Waals surface area contributed by atoms with Crippen LogP contribution in [0.5, 0.6) is 0 Å². The van der Waals surface area contributed by atoms with Gasteiger partial charge in [-0.1, -0.05) is 24.3 Å². The first-order valence-electron chi connectivity index (χ1n) is 6.98. The molecule has 1 N–H and O–H groups in total. The van der Waals surface area contributed by atoms with Crippen molar-refractivity contribution in [1.82, 2.24) is 0 Å². The lowest BCUT2D eigenvalue weighted by atomic mass is 9.77. The SMILES string of the molecule is N#Cc1ccccc1N1C[C@]23C=C[C@@H](O2)[C@H](C(=O)O)[C@@H]3C1=O. The summed E-state index contributed by atoms with van der Waals surface area (Å²) in [5.74, 6) is -2.91. The number of fused-ring (bicyclic) bond motifs is 1. The highest BCUT2D eigenvalue weighted by molar-refractivity contribution is 6.03. The second-order valence-electron chi connectivity index (χ2n) is 5.79. The summed E-state index contributed by atoms with van der Waals surface area (Å²) in [6.45, 7) is 0.242. The molecule has 2 fully saturated rings. The first kappa shape index (κ1) is 13.0. The fourth-order valence-electron chi connectivity index (χ4n) is 3.79. The highest BCUT2D eigenvalue weighted by atomic mass is 16.5. The number of para-hydroxylation sites is 1. The Kier molecular flexibility index (Phi) is 2.48. The molecule has 4 atom stereocenters. The van der Waals surface area contributed by atoms with Crippen molar-refractivity contribution in [3.05, 3.63) is 42.0 Å². The van der Waals surface area contributed by atoms with E-state index in [2.05, 4.69) is 6.07 Å². The van der Waals surface area contributed by atoms with Crippen molar-refractivity contribution in [2.45, 2.75) is 11.7 Å². The topological polar surface area (TPSA) is 90.6 Å². The van der Waals surface area contributed by atoms with Crippen molar-refractivity contribution in [3.8, 4) is 6.07 Å². The summed E-state index contributed by atoms with van der Waals surface area (Å²) < 4.78 is 5.82. The predicted octanol–water partition coefficient (Wildman–Crippen LogP) is 0.929. The molecular formula is C16H12N2O4. The van der Waals surface area contributed by atoms with Crippen LogP contribution in [0, 0.1) is 23.2 Å². The van der Waals surface area contributed by atoms with Gasteiger partial charge in [0.15, 0.2) is 0 Å². The molecule has 22 heavy (non-hydrogen) atoms. The van der Waals surface area contributed by atoms with Crippen molar-refractivity contribution >= 4 is 17.6 Å². The molecule has 3 heterocycles. The first-order chi connectivity index (χ1) is 10.6. The average Bonchev–Trinajstić information content (AvgIpc) is 3.15. The largest absolute Gasteiger partial charge is 0.481 e. The van der Waals surface area contributed by atoms with Gasteiger partial charge in [0.05, 0.1) is 29.8 Å². The molecule has 0 aliphatic carbocycles. The maximum absolute atomic E-state index is 12.8. The lowest BCUT2D eigenvalue weighted by molar-refractivity contribution is -0.146. The van der Waals surface area contributed by atoms with E-state index in [1.54, 1.807) is 36.4 Å². The summed E-state index contributed by atoms with van der Waals surface area (Å²) in [5, 5.41) is 18.6. The van der Waals surface area contributed by atoms with Crippen molar-refractivity contribution in [3.63, 3.8) is 0 Å². The van der Waals surface area contributed by atoms with Crippen LogP contribution in [0.1, 0.15) is 5.56 Å². The second kappa shape index (κ2) is 4.18. The number of carbonyl (C=O) groups excluding carboxylic acids is 1. The van der Waals surface area contributed by atoms with Crippen LogP contribution >= 0.6 is 0 Å². The van der Waals surface area contributed by atoms with Gasteiger partial charge in [0.2, 0.25) is 5.91 Å². The Morgan fingerprint density at radius 2 is 2.23 bits per heavy atom. The Morgan fingerprint density at radius 1 is 1.45 bits per heavy atom. The van der Waals surface area contributed by atoms with Crippen LogP contribution in [0.15, 0.2) is 36.4 Å². The van der Waals surface area contributed by atoms with Crippen molar-refractivity contribution in [1.29, 1.82) is 5.26 Å². The van der Waals surface area contributed by atoms with Gasteiger partial charge in [0.25, 0.3) is 0 Å². The van der Waals surface area contributed by atoms with Crippen LogP contribution in [0.3, 0.4) is 0 Å². The van der Waals surface area contributed by atoms with Gasteiger partial charge in [-0.3, -0.25) is 9.59 Å². The number of nitrogens with zero attached hydrogens (tertiary/aromatic N) is 2. The highest BCUT2D eigenvalue weighted by Gasteiger charge is 2.67. The summed E-state index contributed by atoms with van der Waals surface area (Å²) in [6.07, 6.45) is 2.98. The Morgan fingerprint density at radius 3 is 2.95 bits per heavy atom. The number of rotatable bonds is 2. The zero-order valence-corrected chi connectivity index (χ0v) is 11.5. The normalized spacial score (nSPS) is 34.8.